The minimum Gasteiger partial charge on any atom is -0.394 e. The standard InChI is InChI=1S/C48H83N3O41S2/c1-12-25(62)32(69)34(71)45(80-12)90-42-40(89-44-24(51-15(4)60)38(28(65)19(7-54)81-44)88-47-41(92-94(76,77)78)33(70)27(64)18(6-53)83-47)30(67)21(9-56)84-48(42)87-37-22(10-57)85-43(23(31(37)68)50-14(3)59)79-11-17(61)26(63)36(16(5-52)49-13(2)58)86-46-35(72)39(91-93(73,74)75)29(66)20(8-55)82-46/h12,16-48,52-57,61-72H,5-11H2,1-4H3,(H,49,58)(H,50,59)(H,51,60)(H,73,74,75)(H,76,77,78). The fraction of sp³-hybridized carbons (Fsp3) is 0.938. The van der Waals surface area contributed by atoms with Gasteiger partial charge < -0.3 is 165 Å². The highest BCUT2D eigenvalue weighted by molar-refractivity contribution is 7.81. The van der Waals surface area contributed by atoms with Gasteiger partial charge in [0.15, 0.2) is 43.8 Å². The zero-order chi connectivity index (χ0) is 70.3. The summed E-state index contributed by atoms with van der Waals surface area (Å²) in [4.78, 5) is 38.1. The third-order valence-corrected chi connectivity index (χ3v) is 16.7. The van der Waals surface area contributed by atoms with Crippen molar-refractivity contribution in [1.29, 1.82) is 0 Å². The van der Waals surface area contributed by atoms with Gasteiger partial charge in [-0.2, -0.15) is 16.8 Å². The molecular formula is C48H83N3O41S2. The number of amides is 3. The van der Waals surface area contributed by atoms with Gasteiger partial charge in [0.05, 0.1) is 58.4 Å². The monoisotopic (exact) mass is 1420 g/mol. The Morgan fingerprint density at radius 3 is 1.40 bits per heavy atom. The maximum Gasteiger partial charge on any atom is 0.397 e. The molecule has 6 aliphatic heterocycles. The van der Waals surface area contributed by atoms with Crippen LogP contribution in [0.4, 0.5) is 0 Å². The SMILES string of the molecule is CC(=O)NC(CO)C(OC1OC(CO)C(O)C(OS(=O)(=O)O)C1O)C(O)C(O)COC1OC(CO)C(OC2OC(CO)C(O)C(OC3OC(CO)C(O)C(OC4OC(CO)C(O)C(O)C4OS(=O)(=O)O)C3NC(C)=O)C2OC2OC(C)C(O)C(O)C2O)C(O)C1NC(C)=O. The van der Waals surface area contributed by atoms with Gasteiger partial charge in [0.2, 0.25) is 17.7 Å². The van der Waals surface area contributed by atoms with Gasteiger partial charge in [-0.05, 0) is 6.92 Å². The van der Waals surface area contributed by atoms with Crippen molar-refractivity contribution in [2.24, 2.45) is 0 Å². The van der Waals surface area contributed by atoms with Gasteiger partial charge in [-0.25, -0.2) is 8.37 Å². The third-order valence-electron chi connectivity index (χ3n) is 15.8. The second-order valence-corrected chi connectivity index (χ2v) is 24.7. The quantitative estimate of drug-likeness (QED) is 0.0309. The number of nitrogens with one attached hydrogen (secondary N) is 3. The highest BCUT2D eigenvalue weighted by Gasteiger charge is 2.59. The summed E-state index contributed by atoms with van der Waals surface area (Å²) in [5, 5.41) is 204. The number of aliphatic hydroxyl groups excluding tert-OH is 18. The molecule has 44 nitrogen and oxygen atoms in total. The number of ether oxygens (including phenoxy) is 12. The topological polar surface area (TPSA) is 689 Å². The molecule has 6 heterocycles. The minimum absolute atomic E-state index is 0.889. The average molecular weight is 1420 g/mol. The van der Waals surface area contributed by atoms with Crippen molar-refractivity contribution >= 4 is 38.5 Å². The van der Waals surface area contributed by atoms with Crippen LogP contribution in [-0.4, -0.2) is 390 Å². The first kappa shape index (κ1) is 79.9. The summed E-state index contributed by atoms with van der Waals surface area (Å²) in [5.41, 5.74) is 0. The molecule has 0 radical (unpaired) electrons. The van der Waals surface area contributed by atoms with E-state index in [1.54, 1.807) is 0 Å². The molecule has 34 unspecified atom stereocenters. The van der Waals surface area contributed by atoms with E-state index in [0.29, 0.717) is 0 Å². The van der Waals surface area contributed by atoms with Crippen LogP contribution in [0.2, 0.25) is 0 Å². The maximum atomic E-state index is 13.0. The van der Waals surface area contributed by atoms with Crippen LogP contribution in [0.25, 0.3) is 0 Å². The van der Waals surface area contributed by atoms with Crippen molar-refractivity contribution in [3.05, 3.63) is 0 Å². The molecule has 548 valence electrons. The molecule has 94 heavy (non-hydrogen) atoms. The average Bonchev–Trinajstić information content (AvgIpc) is 0.768. The number of aliphatic hydroxyl groups is 18. The van der Waals surface area contributed by atoms with Gasteiger partial charge in [-0.15, -0.1) is 0 Å². The van der Waals surface area contributed by atoms with Crippen LogP contribution < -0.4 is 16.0 Å². The van der Waals surface area contributed by atoms with Crippen LogP contribution in [0, 0.1) is 0 Å². The van der Waals surface area contributed by atoms with Gasteiger partial charge in [0, 0.05) is 20.8 Å². The lowest BCUT2D eigenvalue weighted by atomic mass is 9.93. The fourth-order valence-corrected chi connectivity index (χ4v) is 12.1. The van der Waals surface area contributed by atoms with E-state index in [1.807, 2.05) is 0 Å². The van der Waals surface area contributed by atoms with E-state index in [1.165, 1.54) is 6.92 Å². The van der Waals surface area contributed by atoms with Gasteiger partial charge >= 0.3 is 20.8 Å². The Hall–Kier alpha value is -3.05. The lowest BCUT2D eigenvalue weighted by Crippen LogP contribution is -2.71. The zero-order valence-corrected chi connectivity index (χ0v) is 51.5. The highest BCUT2D eigenvalue weighted by atomic mass is 32.3. The third kappa shape index (κ3) is 19.5. The maximum absolute atomic E-state index is 13.0. The molecule has 0 aromatic carbocycles. The normalized spacial score (nSPS) is 43.0. The number of carbonyl (C=O) groups is 3. The molecule has 46 heteroatoms. The summed E-state index contributed by atoms with van der Waals surface area (Å²) >= 11 is 0. The molecule has 6 saturated heterocycles. The predicted molar refractivity (Wildman–Crippen MR) is 288 cm³/mol. The molecule has 0 aliphatic carbocycles. The van der Waals surface area contributed by atoms with Gasteiger partial charge in [0.25, 0.3) is 0 Å². The lowest BCUT2D eigenvalue weighted by Gasteiger charge is -2.52. The van der Waals surface area contributed by atoms with Crippen molar-refractivity contribution in [3.63, 3.8) is 0 Å². The molecule has 6 aliphatic rings. The first-order valence-corrected chi connectivity index (χ1v) is 31.4. The molecule has 6 rings (SSSR count). The number of hydrogen-bond acceptors (Lipinski definition) is 39. The zero-order valence-electron chi connectivity index (χ0n) is 49.9. The van der Waals surface area contributed by atoms with E-state index in [0.717, 1.165) is 20.8 Å². The number of rotatable bonds is 29. The smallest absolute Gasteiger partial charge is 0.394 e. The van der Waals surface area contributed by atoms with Crippen molar-refractivity contribution in [1.82, 2.24) is 16.0 Å². The second kappa shape index (κ2) is 34.3. The molecule has 0 aromatic rings. The second-order valence-electron chi connectivity index (χ2n) is 22.6. The van der Waals surface area contributed by atoms with E-state index in [4.69, 9.17) is 56.8 Å². The summed E-state index contributed by atoms with van der Waals surface area (Å²) in [6.07, 6.45) is -66.9. The van der Waals surface area contributed by atoms with Gasteiger partial charge in [-0.3, -0.25) is 23.5 Å². The van der Waals surface area contributed by atoms with Crippen LogP contribution in [0.15, 0.2) is 0 Å². The first-order chi connectivity index (χ1) is 43.9. The predicted octanol–water partition coefficient (Wildman–Crippen LogP) is -15.5. The van der Waals surface area contributed by atoms with Crippen molar-refractivity contribution < 1.29 is 197 Å². The van der Waals surface area contributed by atoms with Crippen LogP contribution in [-0.2, 0) is 100 Å². The molecule has 23 N–H and O–H groups in total. The summed E-state index contributed by atoms with van der Waals surface area (Å²) < 4.78 is 145. The first-order valence-electron chi connectivity index (χ1n) is 28.7. The Balaban J connectivity index is 1.34. The van der Waals surface area contributed by atoms with Gasteiger partial charge in [-0.1, -0.05) is 0 Å². The van der Waals surface area contributed by atoms with Gasteiger partial charge in [0.1, 0.15) is 152 Å². The van der Waals surface area contributed by atoms with E-state index in [-0.39, 0.29) is 0 Å². The minimum atomic E-state index is -5.58. The molecule has 0 bridgehead atoms. The molecule has 6 fully saturated rings. The summed E-state index contributed by atoms with van der Waals surface area (Å²) in [6, 6.07) is -5.76. The Bertz CT molecular complexity index is 2650. The Morgan fingerprint density at radius 2 is 0.883 bits per heavy atom. The molecule has 34 atom stereocenters. The van der Waals surface area contributed by atoms with E-state index >= 15 is 0 Å². The molecule has 0 saturated carbocycles. The number of hydrogen-bond donors (Lipinski definition) is 23. The highest BCUT2D eigenvalue weighted by Crippen LogP contribution is 2.39. The molecule has 0 spiro atoms. The largest absolute Gasteiger partial charge is 0.397 e. The Kier molecular flexibility index (Phi) is 29.2. The molecular weight excluding hydrogens is 1340 g/mol. The number of carbonyl (C=O) groups excluding carboxylic acids is 3. The van der Waals surface area contributed by atoms with Crippen molar-refractivity contribution in [2.45, 2.75) is 236 Å². The van der Waals surface area contributed by atoms with Crippen LogP contribution in [0.3, 0.4) is 0 Å². The molecule has 0 aromatic heterocycles. The van der Waals surface area contributed by atoms with Crippen molar-refractivity contribution in [3.8, 4) is 0 Å². The Morgan fingerprint density at radius 1 is 0.436 bits per heavy atom. The van der Waals surface area contributed by atoms with E-state index < -0.39 is 293 Å². The van der Waals surface area contributed by atoms with Crippen molar-refractivity contribution in [2.75, 3.05) is 46.2 Å². The summed E-state index contributed by atoms with van der Waals surface area (Å²) in [6.45, 7) is -4.24. The van der Waals surface area contributed by atoms with E-state index in [2.05, 4.69) is 24.3 Å². The molecule has 3 amide bonds. The Labute approximate surface area is 533 Å². The van der Waals surface area contributed by atoms with Crippen LogP contribution >= 0.6 is 0 Å². The van der Waals surface area contributed by atoms with E-state index in [9.17, 15) is 132 Å². The summed E-state index contributed by atoms with van der Waals surface area (Å²) in [7, 11) is -11.0. The fourth-order valence-electron chi connectivity index (χ4n) is 11.1. The van der Waals surface area contributed by atoms with Crippen LogP contribution in [0.5, 0.6) is 0 Å². The summed E-state index contributed by atoms with van der Waals surface area (Å²) in [5.74, 6) is -2.90. The van der Waals surface area contributed by atoms with Crippen LogP contribution in [0.1, 0.15) is 27.7 Å². The lowest BCUT2D eigenvalue weighted by molar-refractivity contribution is -0.401.